The predicted octanol–water partition coefficient (Wildman–Crippen LogP) is 3.60. The van der Waals surface area contributed by atoms with Crippen LogP contribution in [0.4, 0.5) is 0 Å². The fourth-order valence-corrected chi connectivity index (χ4v) is 4.18. The molecular weight excluding hydrogens is 358 g/mol. The molecule has 1 unspecified atom stereocenters. The summed E-state index contributed by atoms with van der Waals surface area (Å²) in [6.07, 6.45) is 0.966. The molecule has 3 rings (SSSR count). The molecule has 0 spiro atoms. The van der Waals surface area contributed by atoms with E-state index >= 15 is 0 Å². The Balaban J connectivity index is 1.47. The summed E-state index contributed by atoms with van der Waals surface area (Å²) in [5, 5.41) is 10.1. The molecule has 1 N–H and O–H groups in total. The van der Waals surface area contributed by atoms with Crippen LogP contribution >= 0.6 is 23.4 Å². The second kappa shape index (κ2) is 8.61. The van der Waals surface area contributed by atoms with Crippen LogP contribution in [0, 0.1) is 0 Å². The number of aliphatic hydroxyl groups excluding tert-OH is 1. The molecule has 0 aromatic heterocycles. The Bertz CT molecular complexity index is 723. The van der Waals surface area contributed by atoms with Gasteiger partial charge in [-0.1, -0.05) is 29.8 Å². The van der Waals surface area contributed by atoms with Crippen molar-refractivity contribution >= 4 is 29.3 Å². The minimum atomic E-state index is -0.00132. The van der Waals surface area contributed by atoms with Crippen LogP contribution in [0.1, 0.15) is 12.0 Å². The average Bonchev–Trinajstić information content (AvgIpc) is 3.08. The van der Waals surface area contributed by atoms with Crippen LogP contribution in [0.2, 0.25) is 5.02 Å². The molecule has 0 bridgehead atoms. The summed E-state index contributed by atoms with van der Waals surface area (Å²) in [6, 6.07) is 14.9. The van der Waals surface area contributed by atoms with Crippen LogP contribution in [0.5, 0.6) is 5.75 Å². The van der Waals surface area contributed by atoms with Crippen LogP contribution < -0.4 is 4.74 Å². The number of hydrogen-bond donors (Lipinski definition) is 1. The molecule has 2 aromatic rings. The SMILES string of the molecule is O=C(COc1ccc(CO)cc1)N1CCC(Sc2cccc(Cl)c2)C1. The predicted molar refractivity (Wildman–Crippen MR) is 100 cm³/mol. The third-order valence-corrected chi connectivity index (χ3v) is 5.54. The Morgan fingerprint density at radius 1 is 1.28 bits per heavy atom. The van der Waals surface area contributed by atoms with Crippen molar-refractivity contribution in [3.63, 3.8) is 0 Å². The quantitative estimate of drug-likeness (QED) is 0.835. The zero-order chi connectivity index (χ0) is 17.6. The highest BCUT2D eigenvalue weighted by atomic mass is 35.5. The number of nitrogens with zero attached hydrogens (tertiary/aromatic N) is 1. The number of carbonyl (C=O) groups excluding carboxylic acids is 1. The molecule has 1 fully saturated rings. The molecule has 1 amide bonds. The number of likely N-dealkylation sites (tertiary alicyclic amines) is 1. The Hall–Kier alpha value is -1.69. The summed E-state index contributed by atoms with van der Waals surface area (Å²) in [7, 11) is 0. The number of carbonyl (C=O) groups is 1. The lowest BCUT2D eigenvalue weighted by molar-refractivity contribution is -0.132. The summed E-state index contributed by atoms with van der Waals surface area (Å²) < 4.78 is 5.55. The van der Waals surface area contributed by atoms with Gasteiger partial charge in [0.25, 0.3) is 5.91 Å². The topological polar surface area (TPSA) is 49.8 Å². The van der Waals surface area contributed by atoms with Crippen LogP contribution in [0.3, 0.4) is 0 Å². The van der Waals surface area contributed by atoms with Crippen molar-refractivity contribution in [2.45, 2.75) is 23.2 Å². The van der Waals surface area contributed by atoms with Crippen LogP contribution in [-0.2, 0) is 11.4 Å². The molecule has 1 aliphatic rings. The number of rotatable bonds is 6. The fourth-order valence-electron chi connectivity index (χ4n) is 2.71. The zero-order valence-electron chi connectivity index (χ0n) is 13.7. The van der Waals surface area contributed by atoms with Gasteiger partial charge in [0.1, 0.15) is 5.75 Å². The van der Waals surface area contributed by atoms with Crippen LogP contribution in [-0.4, -0.2) is 40.9 Å². The zero-order valence-corrected chi connectivity index (χ0v) is 15.3. The molecule has 0 aliphatic carbocycles. The maximum absolute atomic E-state index is 12.3. The average molecular weight is 378 g/mol. The number of halogens is 1. The van der Waals surface area contributed by atoms with Crippen molar-refractivity contribution in [1.29, 1.82) is 0 Å². The highest BCUT2D eigenvalue weighted by Gasteiger charge is 2.27. The molecule has 1 aliphatic heterocycles. The number of thioether (sulfide) groups is 1. The second-order valence-corrected chi connectivity index (χ2v) is 7.73. The van der Waals surface area contributed by atoms with Gasteiger partial charge < -0.3 is 14.7 Å². The van der Waals surface area contributed by atoms with Crippen molar-refractivity contribution in [2.24, 2.45) is 0 Å². The third kappa shape index (κ3) is 5.14. The summed E-state index contributed by atoms with van der Waals surface area (Å²) in [4.78, 5) is 15.3. The minimum absolute atomic E-state index is 0.000397. The van der Waals surface area contributed by atoms with E-state index in [1.54, 1.807) is 36.0 Å². The van der Waals surface area contributed by atoms with E-state index < -0.39 is 0 Å². The van der Waals surface area contributed by atoms with Crippen molar-refractivity contribution in [3.05, 3.63) is 59.1 Å². The van der Waals surface area contributed by atoms with E-state index in [1.807, 2.05) is 29.2 Å². The van der Waals surface area contributed by atoms with Gasteiger partial charge in [0.05, 0.1) is 6.61 Å². The minimum Gasteiger partial charge on any atom is -0.484 e. The third-order valence-electron chi connectivity index (χ3n) is 4.06. The van der Waals surface area contributed by atoms with Gasteiger partial charge in [0, 0.05) is 28.3 Å². The van der Waals surface area contributed by atoms with Crippen molar-refractivity contribution in [2.75, 3.05) is 19.7 Å². The van der Waals surface area contributed by atoms with E-state index in [1.165, 1.54) is 0 Å². The van der Waals surface area contributed by atoms with E-state index in [4.69, 9.17) is 21.4 Å². The molecule has 0 saturated carbocycles. The first-order valence-electron chi connectivity index (χ1n) is 8.16. The molecule has 1 atom stereocenters. The van der Waals surface area contributed by atoms with Gasteiger partial charge in [-0.2, -0.15) is 0 Å². The van der Waals surface area contributed by atoms with Crippen molar-refractivity contribution in [1.82, 2.24) is 4.90 Å². The van der Waals surface area contributed by atoms with Gasteiger partial charge >= 0.3 is 0 Å². The standard InChI is InChI=1S/C19H20ClNO3S/c20-15-2-1-3-17(10-15)25-18-8-9-21(11-18)19(23)13-24-16-6-4-14(12-22)5-7-16/h1-7,10,18,22H,8-9,11-13H2. The van der Waals surface area contributed by atoms with E-state index in [2.05, 4.69) is 0 Å². The first-order valence-corrected chi connectivity index (χ1v) is 9.42. The van der Waals surface area contributed by atoms with Crippen molar-refractivity contribution in [3.8, 4) is 5.75 Å². The number of ether oxygens (including phenoxy) is 1. The summed E-state index contributed by atoms with van der Waals surface area (Å²) in [5.74, 6) is 0.634. The Morgan fingerprint density at radius 3 is 2.80 bits per heavy atom. The van der Waals surface area contributed by atoms with Gasteiger partial charge in [-0.3, -0.25) is 4.79 Å². The summed E-state index contributed by atoms with van der Waals surface area (Å²) in [6.45, 7) is 1.51. The fraction of sp³-hybridized carbons (Fsp3) is 0.316. The number of aliphatic hydroxyl groups is 1. The molecule has 2 aromatic carbocycles. The largest absolute Gasteiger partial charge is 0.484 e. The van der Waals surface area contributed by atoms with E-state index in [0.717, 1.165) is 35.0 Å². The molecule has 6 heteroatoms. The summed E-state index contributed by atoms with van der Waals surface area (Å²) >= 11 is 7.78. The number of hydrogen-bond acceptors (Lipinski definition) is 4. The first kappa shape index (κ1) is 18.1. The lowest BCUT2D eigenvalue weighted by atomic mass is 10.2. The number of benzene rings is 2. The lowest BCUT2D eigenvalue weighted by Gasteiger charge is -2.17. The lowest BCUT2D eigenvalue weighted by Crippen LogP contribution is -2.33. The Labute approximate surface area is 156 Å². The number of amides is 1. The van der Waals surface area contributed by atoms with Crippen LogP contribution in [0.15, 0.2) is 53.4 Å². The molecular formula is C19H20ClNO3S. The summed E-state index contributed by atoms with van der Waals surface area (Å²) in [5.41, 5.74) is 0.819. The molecule has 132 valence electrons. The molecule has 25 heavy (non-hydrogen) atoms. The van der Waals surface area contributed by atoms with Gasteiger partial charge in [-0.15, -0.1) is 11.8 Å². The van der Waals surface area contributed by atoms with Gasteiger partial charge in [0.15, 0.2) is 6.61 Å². The van der Waals surface area contributed by atoms with E-state index in [9.17, 15) is 4.79 Å². The molecule has 1 saturated heterocycles. The van der Waals surface area contributed by atoms with Gasteiger partial charge in [0.2, 0.25) is 0 Å². The second-order valence-electron chi connectivity index (χ2n) is 5.92. The monoisotopic (exact) mass is 377 g/mol. The van der Waals surface area contributed by atoms with Gasteiger partial charge in [-0.05, 0) is 42.3 Å². The Morgan fingerprint density at radius 2 is 2.08 bits per heavy atom. The molecule has 4 nitrogen and oxygen atoms in total. The van der Waals surface area contributed by atoms with Gasteiger partial charge in [-0.25, -0.2) is 0 Å². The van der Waals surface area contributed by atoms with E-state index in [0.29, 0.717) is 11.0 Å². The van der Waals surface area contributed by atoms with Crippen molar-refractivity contribution < 1.29 is 14.6 Å². The molecule has 0 radical (unpaired) electrons. The van der Waals surface area contributed by atoms with Crippen LogP contribution in [0.25, 0.3) is 0 Å². The highest BCUT2D eigenvalue weighted by molar-refractivity contribution is 8.00. The first-order chi connectivity index (χ1) is 12.1. The Kier molecular flexibility index (Phi) is 6.24. The van der Waals surface area contributed by atoms with E-state index in [-0.39, 0.29) is 19.1 Å². The maximum atomic E-state index is 12.3. The maximum Gasteiger partial charge on any atom is 0.260 e. The smallest absolute Gasteiger partial charge is 0.260 e. The normalized spacial score (nSPS) is 16.9. The molecule has 1 heterocycles. The highest BCUT2D eigenvalue weighted by Crippen LogP contribution is 2.31.